The predicted molar refractivity (Wildman–Crippen MR) is 120 cm³/mol. The molecule has 1 unspecified atom stereocenters. The molecule has 2 aliphatic heterocycles. The molecular formula is C21H29N3O3S2. The summed E-state index contributed by atoms with van der Waals surface area (Å²) >= 11 is 6.96. The molecule has 1 aromatic carbocycles. The summed E-state index contributed by atoms with van der Waals surface area (Å²) in [4.78, 5) is 29.5. The third kappa shape index (κ3) is 5.93. The van der Waals surface area contributed by atoms with Gasteiger partial charge in [0.15, 0.2) is 0 Å². The number of nitrogens with zero attached hydrogens (tertiary/aromatic N) is 2. The average molecular weight is 436 g/mol. The average Bonchev–Trinajstić information content (AvgIpc) is 2.70. The standard InChI is InChI=1S/C21H29N3O3S2/c1-21(2)17(22-19(26)27-15-16-9-5-3-6-10-16)18(25)24(20(28)29-21)14-13-23-11-7-4-8-12-23/h3,5-6,9-10,17H,4,7-8,11-15H2,1-2H3,(H,22,26). The highest BCUT2D eigenvalue weighted by Gasteiger charge is 2.46. The molecule has 1 atom stereocenters. The molecule has 0 spiro atoms. The molecule has 6 nitrogen and oxygen atoms in total. The van der Waals surface area contributed by atoms with Crippen molar-refractivity contribution in [3.63, 3.8) is 0 Å². The van der Waals surface area contributed by atoms with Gasteiger partial charge in [0.2, 0.25) is 0 Å². The molecule has 29 heavy (non-hydrogen) atoms. The highest BCUT2D eigenvalue weighted by atomic mass is 32.2. The van der Waals surface area contributed by atoms with E-state index in [1.165, 1.54) is 31.0 Å². The summed E-state index contributed by atoms with van der Waals surface area (Å²) in [5.74, 6) is -0.160. The maximum Gasteiger partial charge on any atom is 0.408 e. The Morgan fingerprint density at radius 3 is 2.59 bits per heavy atom. The number of likely N-dealkylation sites (tertiary alicyclic amines) is 1. The van der Waals surface area contributed by atoms with Gasteiger partial charge in [0.1, 0.15) is 17.0 Å². The van der Waals surface area contributed by atoms with Crippen molar-refractivity contribution in [2.45, 2.75) is 50.5 Å². The fraction of sp³-hybridized carbons (Fsp3) is 0.571. The maximum absolute atomic E-state index is 13.2. The van der Waals surface area contributed by atoms with Crippen LogP contribution < -0.4 is 5.32 Å². The molecule has 2 fully saturated rings. The number of hydrogen-bond donors (Lipinski definition) is 1. The molecule has 0 saturated carbocycles. The molecule has 8 heteroatoms. The van der Waals surface area contributed by atoms with Crippen LogP contribution in [0.1, 0.15) is 38.7 Å². The van der Waals surface area contributed by atoms with E-state index in [1.54, 1.807) is 4.90 Å². The quantitative estimate of drug-likeness (QED) is 0.691. The second-order valence-corrected chi connectivity index (χ2v) is 10.3. The van der Waals surface area contributed by atoms with Gasteiger partial charge in [0.25, 0.3) is 5.91 Å². The van der Waals surface area contributed by atoms with Crippen LogP contribution >= 0.6 is 24.0 Å². The van der Waals surface area contributed by atoms with Crippen LogP contribution in [0.2, 0.25) is 0 Å². The van der Waals surface area contributed by atoms with Crippen LogP contribution in [0.3, 0.4) is 0 Å². The molecule has 1 aromatic rings. The van der Waals surface area contributed by atoms with Crippen molar-refractivity contribution in [1.82, 2.24) is 15.1 Å². The SMILES string of the molecule is CC1(C)SC(=S)N(CCN2CCCCC2)C(=O)C1NC(=O)OCc1ccccc1. The van der Waals surface area contributed by atoms with Gasteiger partial charge in [-0.1, -0.05) is 60.7 Å². The first-order chi connectivity index (χ1) is 13.9. The van der Waals surface area contributed by atoms with E-state index in [-0.39, 0.29) is 12.5 Å². The summed E-state index contributed by atoms with van der Waals surface area (Å²) in [5, 5.41) is 2.77. The number of carbonyl (C=O) groups is 2. The highest BCUT2D eigenvalue weighted by Crippen LogP contribution is 2.36. The van der Waals surface area contributed by atoms with Crippen LogP contribution in [0.15, 0.2) is 30.3 Å². The van der Waals surface area contributed by atoms with E-state index in [2.05, 4.69) is 10.2 Å². The number of thiocarbonyl (C=S) groups is 1. The predicted octanol–water partition coefficient (Wildman–Crippen LogP) is 3.41. The lowest BCUT2D eigenvalue weighted by molar-refractivity contribution is -0.130. The Morgan fingerprint density at radius 1 is 1.21 bits per heavy atom. The molecule has 1 N–H and O–H groups in total. The van der Waals surface area contributed by atoms with Gasteiger partial charge in [-0.25, -0.2) is 4.79 Å². The summed E-state index contributed by atoms with van der Waals surface area (Å²) in [6.07, 6.45) is 3.10. The Bertz CT molecular complexity index is 736. The fourth-order valence-corrected chi connectivity index (χ4v) is 5.47. The molecule has 0 radical (unpaired) electrons. The maximum atomic E-state index is 13.2. The molecular weight excluding hydrogens is 406 g/mol. The molecule has 0 aliphatic carbocycles. The van der Waals surface area contributed by atoms with Gasteiger partial charge >= 0.3 is 6.09 Å². The van der Waals surface area contributed by atoms with Crippen molar-refractivity contribution in [3.05, 3.63) is 35.9 Å². The number of alkyl carbamates (subject to hydrolysis) is 1. The van der Waals surface area contributed by atoms with E-state index in [0.29, 0.717) is 10.9 Å². The molecule has 2 heterocycles. The highest BCUT2D eigenvalue weighted by molar-refractivity contribution is 8.24. The van der Waals surface area contributed by atoms with Crippen molar-refractivity contribution in [2.75, 3.05) is 26.2 Å². The van der Waals surface area contributed by atoms with Crippen molar-refractivity contribution in [1.29, 1.82) is 0 Å². The molecule has 2 amide bonds. The van der Waals surface area contributed by atoms with Crippen LogP contribution in [-0.4, -0.2) is 63.1 Å². The fourth-order valence-electron chi connectivity index (χ4n) is 3.63. The number of ether oxygens (including phenoxy) is 1. The number of rotatable bonds is 6. The third-order valence-corrected chi connectivity index (χ3v) is 6.97. The number of piperidine rings is 1. The van der Waals surface area contributed by atoms with Crippen molar-refractivity contribution < 1.29 is 14.3 Å². The molecule has 2 aliphatic rings. The van der Waals surface area contributed by atoms with Crippen LogP contribution in [0.4, 0.5) is 4.79 Å². The van der Waals surface area contributed by atoms with Gasteiger partial charge in [-0.15, -0.1) is 0 Å². The first kappa shape index (κ1) is 22.1. The number of benzene rings is 1. The summed E-state index contributed by atoms with van der Waals surface area (Å²) in [5.41, 5.74) is 0.899. The molecule has 0 aromatic heterocycles. The van der Waals surface area contributed by atoms with E-state index in [9.17, 15) is 9.59 Å². The Kier molecular flexibility index (Phi) is 7.54. The smallest absolute Gasteiger partial charge is 0.408 e. The van der Waals surface area contributed by atoms with Crippen LogP contribution in [-0.2, 0) is 16.1 Å². The largest absolute Gasteiger partial charge is 0.445 e. The van der Waals surface area contributed by atoms with E-state index in [0.717, 1.165) is 25.2 Å². The third-order valence-electron chi connectivity index (χ3n) is 5.34. The van der Waals surface area contributed by atoms with E-state index < -0.39 is 16.9 Å². The van der Waals surface area contributed by atoms with Gasteiger partial charge < -0.3 is 15.0 Å². The van der Waals surface area contributed by atoms with Gasteiger partial charge in [-0.3, -0.25) is 9.69 Å². The van der Waals surface area contributed by atoms with Gasteiger partial charge in [0.05, 0.1) is 0 Å². The monoisotopic (exact) mass is 435 g/mol. The topological polar surface area (TPSA) is 61.9 Å². The zero-order chi connectivity index (χ0) is 20.9. The first-order valence-corrected chi connectivity index (χ1v) is 11.3. The lowest BCUT2D eigenvalue weighted by Crippen LogP contribution is -2.63. The van der Waals surface area contributed by atoms with Crippen molar-refractivity contribution >= 4 is 40.3 Å². The minimum atomic E-state index is -0.691. The zero-order valence-corrected chi connectivity index (χ0v) is 18.7. The van der Waals surface area contributed by atoms with Gasteiger partial charge in [-0.2, -0.15) is 0 Å². The summed E-state index contributed by atoms with van der Waals surface area (Å²) in [7, 11) is 0. The number of nitrogens with one attached hydrogen (secondary N) is 1. The van der Waals surface area contributed by atoms with Crippen molar-refractivity contribution in [2.24, 2.45) is 0 Å². The molecule has 158 valence electrons. The Labute approximate surface area is 182 Å². The van der Waals surface area contributed by atoms with Gasteiger partial charge in [0, 0.05) is 17.8 Å². The minimum Gasteiger partial charge on any atom is -0.445 e. The van der Waals surface area contributed by atoms with Crippen LogP contribution in [0.5, 0.6) is 0 Å². The number of amides is 2. The van der Waals surface area contributed by atoms with Crippen LogP contribution in [0, 0.1) is 0 Å². The second-order valence-electron chi connectivity index (χ2n) is 8.00. The lowest BCUT2D eigenvalue weighted by atomic mass is 10.0. The van der Waals surface area contributed by atoms with Gasteiger partial charge in [-0.05, 0) is 45.3 Å². The molecule has 3 rings (SSSR count). The molecule has 2 saturated heterocycles. The van der Waals surface area contributed by atoms with E-state index >= 15 is 0 Å². The summed E-state index contributed by atoms with van der Waals surface area (Å²) < 4.78 is 5.36. The molecule has 0 bridgehead atoms. The lowest BCUT2D eigenvalue weighted by Gasteiger charge is -2.43. The van der Waals surface area contributed by atoms with Crippen molar-refractivity contribution in [3.8, 4) is 0 Å². The Morgan fingerprint density at radius 2 is 1.90 bits per heavy atom. The van der Waals surface area contributed by atoms with E-state index in [1.807, 2.05) is 44.2 Å². The Balaban J connectivity index is 1.58. The summed E-state index contributed by atoms with van der Waals surface area (Å²) in [6, 6.07) is 8.78. The number of hydrogen-bond acceptors (Lipinski definition) is 6. The normalized spacial score (nSPS) is 22.4. The second kappa shape index (κ2) is 9.91. The first-order valence-electron chi connectivity index (χ1n) is 10.1. The van der Waals surface area contributed by atoms with Crippen LogP contribution in [0.25, 0.3) is 0 Å². The summed E-state index contributed by atoms with van der Waals surface area (Å²) in [6.45, 7) is 7.51. The number of thioether (sulfide) groups is 1. The Hall–Kier alpha value is -1.64. The van der Waals surface area contributed by atoms with E-state index in [4.69, 9.17) is 17.0 Å². The minimum absolute atomic E-state index is 0.160. The zero-order valence-electron chi connectivity index (χ0n) is 17.1. The number of carbonyl (C=O) groups excluding carboxylic acids is 2.